The Kier molecular flexibility index (Phi) is 2.60. The summed E-state index contributed by atoms with van der Waals surface area (Å²) < 4.78 is 1.55. The zero-order valence-electron chi connectivity index (χ0n) is 10.6. The minimum Gasteiger partial charge on any atom is -0.383 e. The van der Waals surface area contributed by atoms with Gasteiger partial charge >= 0.3 is 0 Å². The summed E-state index contributed by atoms with van der Waals surface area (Å²) in [6, 6.07) is 7.98. The van der Waals surface area contributed by atoms with E-state index in [2.05, 4.69) is 10.1 Å². The molecule has 2 heterocycles. The maximum atomic E-state index is 10.7. The van der Waals surface area contributed by atoms with E-state index in [1.807, 2.05) is 6.92 Å². The van der Waals surface area contributed by atoms with Crippen molar-refractivity contribution in [2.75, 3.05) is 5.73 Å². The maximum Gasteiger partial charge on any atom is 0.269 e. The average Bonchev–Trinajstić information content (AvgIpc) is 2.87. The zero-order valence-corrected chi connectivity index (χ0v) is 10.6. The molecule has 0 radical (unpaired) electrons. The largest absolute Gasteiger partial charge is 0.383 e. The predicted molar refractivity (Wildman–Crippen MR) is 74.2 cm³/mol. The molecule has 0 atom stereocenters. The van der Waals surface area contributed by atoms with Gasteiger partial charge in [-0.3, -0.25) is 10.1 Å². The van der Waals surface area contributed by atoms with Crippen LogP contribution in [-0.4, -0.2) is 19.5 Å². The van der Waals surface area contributed by atoms with Crippen molar-refractivity contribution in [1.82, 2.24) is 14.6 Å². The van der Waals surface area contributed by atoms with Gasteiger partial charge in [-0.2, -0.15) is 9.61 Å². The van der Waals surface area contributed by atoms with Crippen LogP contribution in [0.1, 0.15) is 5.69 Å². The van der Waals surface area contributed by atoms with Crippen LogP contribution in [-0.2, 0) is 0 Å². The summed E-state index contributed by atoms with van der Waals surface area (Å²) in [6.07, 6.45) is 1.62. The Morgan fingerprint density at radius 1 is 1.25 bits per heavy atom. The zero-order chi connectivity index (χ0) is 14.3. The molecule has 0 spiro atoms. The summed E-state index contributed by atoms with van der Waals surface area (Å²) in [6.45, 7) is 1.85. The first-order chi connectivity index (χ1) is 9.58. The summed E-state index contributed by atoms with van der Waals surface area (Å²) in [7, 11) is 0. The third-order valence-electron chi connectivity index (χ3n) is 3.12. The van der Waals surface area contributed by atoms with Crippen molar-refractivity contribution in [3.05, 3.63) is 52.3 Å². The molecule has 0 bridgehead atoms. The standard InChI is InChI=1S/C13H11N5O2/c1-8-12(9-2-4-10(5-3-9)18(19)20)13(14)17-11(16-8)6-7-15-17/h2-7H,14H2,1H3. The van der Waals surface area contributed by atoms with E-state index in [1.54, 1.807) is 28.9 Å². The Bertz CT molecular complexity index is 807. The van der Waals surface area contributed by atoms with E-state index in [-0.39, 0.29) is 5.69 Å². The third kappa shape index (κ3) is 1.76. The average molecular weight is 269 g/mol. The number of non-ortho nitro benzene ring substituents is 1. The van der Waals surface area contributed by atoms with E-state index in [0.717, 1.165) is 16.8 Å². The fourth-order valence-electron chi connectivity index (χ4n) is 2.19. The van der Waals surface area contributed by atoms with Crippen LogP contribution in [0.4, 0.5) is 11.5 Å². The molecule has 0 unspecified atom stereocenters. The number of rotatable bonds is 2. The summed E-state index contributed by atoms with van der Waals surface area (Å²) in [5, 5.41) is 14.8. The SMILES string of the molecule is Cc1nc2ccnn2c(N)c1-c1ccc([N+](=O)[O-])cc1. The molecule has 0 aliphatic heterocycles. The highest BCUT2D eigenvalue weighted by atomic mass is 16.6. The first-order valence-electron chi connectivity index (χ1n) is 5.92. The van der Waals surface area contributed by atoms with Gasteiger partial charge in [0.15, 0.2) is 5.65 Å². The molecule has 3 aromatic rings. The molecule has 2 N–H and O–H groups in total. The van der Waals surface area contributed by atoms with Crippen LogP contribution in [0.3, 0.4) is 0 Å². The van der Waals surface area contributed by atoms with Gasteiger partial charge in [0, 0.05) is 23.8 Å². The number of nitrogens with zero attached hydrogens (tertiary/aromatic N) is 4. The van der Waals surface area contributed by atoms with E-state index < -0.39 is 4.92 Å². The second-order valence-electron chi connectivity index (χ2n) is 4.36. The van der Waals surface area contributed by atoms with Gasteiger partial charge in [-0.05, 0) is 24.6 Å². The summed E-state index contributed by atoms with van der Waals surface area (Å²) >= 11 is 0. The van der Waals surface area contributed by atoms with Crippen molar-refractivity contribution < 1.29 is 4.92 Å². The smallest absolute Gasteiger partial charge is 0.269 e. The number of aromatic nitrogens is 3. The van der Waals surface area contributed by atoms with Crippen LogP contribution in [0.5, 0.6) is 0 Å². The number of aryl methyl sites for hydroxylation is 1. The molecule has 0 saturated heterocycles. The molecule has 0 aliphatic carbocycles. The molecule has 7 nitrogen and oxygen atoms in total. The number of nitro benzene ring substituents is 1. The Morgan fingerprint density at radius 2 is 1.95 bits per heavy atom. The van der Waals surface area contributed by atoms with Crippen LogP contribution in [0.2, 0.25) is 0 Å². The molecule has 1 aromatic carbocycles. The van der Waals surface area contributed by atoms with Crippen LogP contribution >= 0.6 is 0 Å². The lowest BCUT2D eigenvalue weighted by molar-refractivity contribution is -0.384. The van der Waals surface area contributed by atoms with Gasteiger partial charge in [0.2, 0.25) is 0 Å². The molecule has 0 saturated carbocycles. The number of nitrogens with two attached hydrogens (primary N) is 1. The van der Waals surface area contributed by atoms with Crippen LogP contribution < -0.4 is 5.73 Å². The van der Waals surface area contributed by atoms with Crippen LogP contribution in [0.15, 0.2) is 36.5 Å². The molecule has 2 aromatic heterocycles. The fourth-order valence-corrected chi connectivity index (χ4v) is 2.19. The summed E-state index contributed by atoms with van der Waals surface area (Å²) in [4.78, 5) is 14.7. The van der Waals surface area contributed by atoms with Crippen molar-refractivity contribution in [1.29, 1.82) is 0 Å². The summed E-state index contributed by atoms with van der Waals surface area (Å²) in [5.74, 6) is 0.464. The minimum atomic E-state index is -0.436. The maximum absolute atomic E-state index is 10.7. The molecule has 20 heavy (non-hydrogen) atoms. The molecule has 100 valence electrons. The van der Waals surface area contributed by atoms with Crippen molar-refractivity contribution in [3.63, 3.8) is 0 Å². The van der Waals surface area contributed by atoms with Gasteiger partial charge < -0.3 is 5.73 Å². The number of anilines is 1. The molecular weight excluding hydrogens is 258 g/mol. The number of hydrogen-bond acceptors (Lipinski definition) is 5. The van der Waals surface area contributed by atoms with Gasteiger partial charge in [0.05, 0.1) is 16.8 Å². The highest BCUT2D eigenvalue weighted by Crippen LogP contribution is 2.30. The number of nitrogen functional groups attached to an aromatic ring is 1. The fraction of sp³-hybridized carbons (Fsp3) is 0.0769. The minimum absolute atomic E-state index is 0.0399. The van der Waals surface area contributed by atoms with E-state index in [0.29, 0.717) is 11.5 Å². The number of hydrogen-bond donors (Lipinski definition) is 1. The van der Waals surface area contributed by atoms with Crippen molar-refractivity contribution in [2.45, 2.75) is 6.92 Å². The van der Waals surface area contributed by atoms with Crippen LogP contribution in [0.25, 0.3) is 16.8 Å². The predicted octanol–water partition coefficient (Wildman–Crippen LogP) is 2.20. The molecule has 0 fully saturated rings. The van der Waals surface area contributed by atoms with E-state index in [1.165, 1.54) is 12.1 Å². The quantitative estimate of drug-likeness (QED) is 0.567. The van der Waals surface area contributed by atoms with E-state index >= 15 is 0 Å². The first-order valence-corrected chi connectivity index (χ1v) is 5.92. The molecule has 0 amide bonds. The lowest BCUT2D eigenvalue weighted by Gasteiger charge is -2.10. The Balaban J connectivity index is 2.20. The first kappa shape index (κ1) is 12.1. The highest BCUT2D eigenvalue weighted by Gasteiger charge is 2.14. The second kappa shape index (κ2) is 4.30. The second-order valence-corrected chi connectivity index (χ2v) is 4.36. The monoisotopic (exact) mass is 269 g/mol. The number of nitro groups is 1. The number of fused-ring (bicyclic) bond motifs is 1. The van der Waals surface area contributed by atoms with Gasteiger partial charge in [-0.15, -0.1) is 0 Å². The van der Waals surface area contributed by atoms with E-state index in [4.69, 9.17) is 5.73 Å². The normalized spacial score (nSPS) is 10.8. The van der Waals surface area contributed by atoms with Gasteiger partial charge in [-0.25, -0.2) is 4.98 Å². The highest BCUT2D eigenvalue weighted by molar-refractivity contribution is 5.78. The lowest BCUT2D eigenvalue weighted by atomic mass is 10.0. The summed E-state index contributed by atoms with van der Waals surface area (Å²) in [5.41, 5.74) is 9.09. The molecule has 0 aliphatic rings. The Labute approximate surface area is 113 Å². The molecule has 7 heteroatoms. The van der Waals surface area contributed by atoms with Crippen molar-refractivity contribution >= 4 is 17.2 Å². The van der Waals surface area contributed by atoms with Crippen molar-refractivity contribution in [2.24, 2.45) is 0 Å². The van der Waals surface area contributed by atoms with Crippen LogP contribution in [0, 0.1) is 17.0 Å². The lowest BCUT2D eigenvalue weighted by Crippen LogP contribution is -2.05. The molecule has 3 rings (SSSR count). The topological polar surface area (TPSA) is 99.3 Å². The van der Waals surface area contributed by atoms with E-state index in [9.17, 15) is 10.1 Å². The molecular formula is C13H11N5O2. The Hall–Kier alpha value is -2.96. The van der Waals surface area contributed by atoms with Gasteiger partial charge in [0.25, 0.3) is 5.69 Å². The number of benzene rings is 1. The third-order valence-corrected chi connectivity index (χ3v) is 3.12. The van der Waals surface area contributed by atoms with Gasteiger partial charge in [-0.1, -0.05) is 0 Å². The Morgan fingerprint density at radius 3 is 2.60 bits per heavy atom. The van der Waals surface area contributed by atoms with Gasteiger partial charge in [0.1, 0.15) is 5.82 Å². The van der Waals surface area contributed by atoms with Crippen molar-refractivity contribution in [3.8, 4) is 11.1 Å².